The van der Waals surface area contributed by atoms with Crippen LogP contribution in [0.5, 0.6) is 5.75 Å². The fourth-order valence-electron chi connectivity index (χ4n) is 2.48. The number of cyclic esters (lactones) is 1. The van der Waals surface area contributed by atoms with E-state index in [0.717, 1.165) is 12.8 Å². The van der Waals surface area contributed by atoms with Crippen molar-refractivity contribution in [2.45, 2.75) is 38.6 Å². The highest BCUT2D eigenvalue weighted by atomic mass is 16.6. The quantitative estimate of drug-likeness (QED) is 0.374. The Balaban J connectivity index is 2.30. The Labute approximate surface area is 158 Å². The third-order valence-electron chi connectivity index (χ3n) is 3.88. The summed E-state index contributed by atoms with van der Waals surface area (Å²) < 4.78 is 5.27. The normalized spacial score (nSPS) is 20.6. The molecule has 2 rings (SSSR count). The van der Waals surface area contributed by atoms with Gasteiger partial charge in [-0.3, -0.25) is 0 Å². The zero-order valence-electron chi connectivity index (χ0n) is 15.3. The van der Waals surface area contributed by atoms with Gasteiger partial charge < -0.3 is 14.7 Å². The van der Waals surface area contributed by atoms with Crippen molar-refractivity contribution in [3.8, 4) is 5.75 Å². The van der Waals surface area contributed by atoms with Crippen LogP contribution in [0.1, 0.15) is 42.1 Å². The van der Waals surface area contributed by atoms with Gasteiger partial charge in [-0.1, -0.05) is 40.7 Å². The number of aromatic hydroxyl groups is 1. The van der Waals surface area contributed by atoms with Gasteiger partial charge in [0.15, 0.2) is 0 Å². The number of nitroso groups, excluding NO2 is 1. The molecule has 1 heterocycles. The molecule has 27 heavy (non-hydrogen) atoms. The van der Waals surface area contributed by atoms with Crippen LogP contribution in [-0.2, 0) is 16.0 Å². The van der Waals surface area contributed by atoms with Crippen LogP contribution in [-0.4, -0.2) is 36.0 Å². The molecule has 0 amide bonds. The molecule has 7 heteroatoms. The first-order chi connectivity index (χ1) is 13.1. The van der Waals surface area contributed by atoms with Gasteiger partial charge in [-0.25, -0.2) is 4.79 Å². The number of fused-ring (bicyclic) bond motifs is 1. The Kier molecular flexibility index (Phi) is 8.22. The summed E-state index contributed by atoms with van der Waals surface area (Å²) in [7, 11) is 0. The van der Waals surface area contributed by atoms with Crippen molar-refractivity contribution in [1.29, 1.82) is 0 Å². The topological polar surface area (TPSA) is 97.6 Å². The number of oxime groups is 1. The second-order valence-electron chi connectivity index (χ2n) is 6.20. The van der Waals surface area contributed by atoms with E-state index in [1.807, 2.05) is 24.3 Å². The minimum Gasteiger partial charge on any atom is -0.507 e. The number of carbonyl (C=O) groups is 1. The maximum atomic E-state index is 12.4. The molecule has 0 fully saturated rings. The van der Waals surface area contributed by atoms with Gasteiger partial charge in [0.25, 0.3) is 0 Å². The second-order valence-corrected chi connectivity index (χ2v) is 6.20. The molecule has 1 aromatic carbocycles. The average Bonchev–Trinajstić information content (AvgIpc) is 2.65. The predicted octanol–water partition coefficient (Wildman–Crippen LogP) is 3.92. The van der Waals surface area contributed by atoms with Gasteiger partial charge in [0.1, 0.15) is 24.0 Å². The number of phenolic OH excluding ortho intramolecular Hbond substituents is 1. The highest BCUT2D eigenvalue weighted by molar-refractivity contribution is 6.00. The minimum atomic E-state index is -0.573. The van der Waals surface area contributed by atoms with E-state index < -0.39 is 12.0 Å². The summed E-state index contributed by atoms with van der Waals surface area (Å²) in [6.45, 7) is 1.95. The molecule has 1 aliphatic heterocycles. The highest BCUT2D eigenvalue weighted by Gasteiger charge is 2.18. The molecule has 0 saturated carbocycles. The van der Waals surface area contributed by atoms with E-state index in [9.17, 15) is 14.8 Å². The lowest BCUT2D eigenvalue weighted by Gasteiger charge is -2.12. The summed E-state index contributed by atoms with van der Waals surface area (Å²) in [6.07, 6.45) is 10.4. The van der Waals surface area contributed by atoms with Crippen LogP contribution in [0.25, 0.3) is 0 Å². The first-order valence-electron chi connectivity index (χ1n) is 8.92. The van der Waals surface area contributed by atoms with Gasteiger partial charge in [0.05, 0.1) is 12.3 Å². The number of nitrogens with zero attached hydrogens (tertiary/aromatic N) is 2. The van der Waals surface area contributed by atoms with Crippen LogP contribution in [0.2, 0.25) is 0 Å². The van der Waals surface area contributed by atoms with E-state index in [1.165, 1.54) is 6.07 Å². The SMILES string of the molecule is CC(CO/N=C1/C=C/CC/C=C/CCOC(=O)c2c(O)cccc2C1)N=O. The maximum absolute atomic E-state index is 12.4. The lowest BCUT2D eigenvalue weighted by molar-refractivity contribution is 0.0507. The summed E-state index contributed by atoms with van der Waals surface area (Å²) in [5.74, 6) is -0.709. The largest absolute Gasteiger partial charge is 0.507 e. The van der Waals surface area contributed by atoms with Crippen molar-refractivity contribution < 1.29 is 19.5 Å². The van der Waals surface area contributed by atoms with Gasteiger partial charge >= 0.3 is 5.97 Å². The first-order valence-corrected chi connectivity index (χ1v) is 8.92. The molecule has 1 aromatic rings. The molecule has 0 spiro atoms. The molecule has 1 aliphatic rings. The predicted molar refractivity (Wildman–Crippen MR) is 103 cm³/mol. The Morgan fingerprint density at radius 3 is 2.81 bits per heavy atom. The number of esters is 1. The van der Waals surface area contributed by atoms with E-state index in [0.29, 0.717) is 17.7 Å². The second kappa shape index (κ2) is 10.9. The smallest absolute Gasteiger partial charge is 0.342 e. The van der Waals surface area contributed by atoms with Crippen molar-refractivity contribution in [2.75, 3.05) is 13.2 Å². The summed E-state index contributed by atoms with van der Waals surface area (Å²) in [5, 5.41) is 17.1. The Hall–Kier alpha value is -2.96. The molecule has 0 radical (unpaired) electrons. The van der Waals surface area contributed by atoms with E-state index >= 15 is 0 Å². The maximum Gasteiger partial charge on any atom is 0.342 e. The van der Waals surface area contributed by atoms with Crippen LogP contribution in [0.15, 0.2) is 52.8 Å². The summed E-state index contributed by atoms with van der Waals surface area (Å²) in [4.78, 5) is 28.1. The highest BCUT2D eigenvalue weighted by Crippen LogP contribution is 2.23. The minimum absolute atomic E-state index is 0.0680. The lowest BCUT2D eigenvalue weighted by atomic mass is 10.0. The van der Waals surface area contributed by atoms with E-state index in [1.54, 1.807) is 19.1 Å². The number of ether oxygens (including phenoxy) is 1. The molecule has 0 saturated heterocycles. The van der Waals surface area contributed by atoms with Gasteiger partial charge in [-0.15, -0.1) is 0 Å². The van der Waals surface area contributed by atoms with Gasteiger partial charge in [-0.2, -0.15) is 4.91 Å². The fraction of sp³-hybridized carbons (Fsp3) is 0.400. The number of rotatable bonds is 4. The molecule has 1 unspecified atom stereocenters. The van der Waals surface area contributed by atoms with Crippen molar-refractivity contribution >= 4 is 11.7 Å². The molecule has 7 nitrogen and oxygen atoms in total. The first kappa shape index (κ1) is 20.4. The van der Waals surface area contributed by atoms with Crippen molar-refractivity contribution in [2.24, 2.45) is 10.3 Å². The third kappa shape index (κ3) is 6.69. The number of benzene rings is 1. The molecular weight excluding hydrogens is 348 g/mol. The van der Waals surface area contributed by atoms with E-state index in [2.05, 4.69) is 10.3 Å². The molecule has 0 aromatic heterocycles. The van der Waals surface area contributed by atoms with Crippen molar-refractivity contribution in [3.63, 3.8) is 0 Å². The average molecular weight is 372 g/mol. The van der Waals surface area contributed by atoms with Crippen molar-refractivity contribution in [3.05, 3.63) is 58.5 Å². The van der Waals surface area contributed by atoms with E-state index in [4.69, 9.17) is 9.57 Å². The van der Waals surface area contributed by atoms with E-state index in [-0.39, 0.29) is 30.9 Å². The lowest BCUT2D eigenvalue weighted by Crippen LogP contribution is -2.13. The summed E-state index contributed by atoms with van der Waals surface area (Å²) in [5.41, 5.74) is 1.28. The standard InChI is InChI=1S/C20H24N2O5/c1-15(21-25)14-27-22-17-10-6-4-2-3-5-7-12-26-20(24)19-16(13-17)9-8-11-18(19)23/h3,5-6,8-11,15,23H,2,4,7,12-14H2,1H3/b5-3+,10-6+,22-17-. The molecule has 0 bridgehead atoms. The molecular formula is C20H24N2O5. The number of hydrogen-bond donors (Lipinski definition) is 1. The number of hydrogen-bond acceptors (Lipinski definition) is 7. The van der Waals surface area contributed by atoms with Gasteiger partial charge in [0.2, 0.25) is 0 Å². The fourth-order valence-corrected chi connectivity index (χ4v) is 2.48. The zero-order chi connectivity index (χ0) is 19.5. The van der Waals surface area contributed by atoms with Crippen molar-refractivity contribution in [1.82, 2.24) is 0 Å². The Morgan fingerprint density at radius 1 is 1.22 bits per heavy atom. The molecule has 1 N–H and O–H groups in total. The molecule has 1 atom stereocenters. The Morgan fingerprint density at radius 2 is 2.00 bits per heavy atom. The van der Waals surface area contributed by atoms with Crippen LogP contribution in [0.4, 0.5) is 0 Å². The summed E-state index contributed by atoms with van der Waals surface area (Å²) >= 11 is 0. The zero-order valence-corrected chi connectivity index (χ0v) is 15.3. The number of allylic oxidation sites excluding steroid dienone is 3. The van der Waals surface area contributed by atoms with Crippen LogP contribution >= 0.6 is 0 Å². The van der Waals surface area contributed by atoms with Crippen LogP contribution in [0, 0.1) is 4.91 Å². The van der Waals surface area contributed by atoms with Gasteiger partial charge in [-0.05, 0) is 43.9 Å². The number of phenols is 1. The van der Waals surface area contributed by atoms with Crippen LogP contribution in [0.3, 0.4) is 0 Å². The Bertz CT molecular complexity index is 740. The molecule has 144 valence electrons. The monoisotopic (exact) mass is 372 g/mol. The third-order valence-corrected chi connectivity index (χ3v) is 3.88. The van der Waals surface area contributed by atoms with Gasteiger partial charge in [0, 0.05) is 6.42 Å². The molecule has 0 aliphatic carbocycles. The van der Waals surface area contributed by atoms with Crippen LogP contribution < -0.4 is 0 Å². The summed E-state index contributed by atoms with van der Waals surface area (Å²) in [6, 6.07) is 4.34. The number of carbonyl (C=O) groups excluding carboxylic acids is 1.